The van der Waals surface area contributed by atoms with Crippen LogP contribution in [-0.2, 0) is 19.3 Å². The van der Waals surface area contributed by atoms with Gasteiger partial charge in [-0.1, -0.05) is 0 Å². The Morgan fingerprint density at radius 1 is 1.10 bits per heavy atom. The summed E-state index contributed by atoms with van der Waals surface area (Å²) in [5.74, 6) is -0.278. The molecule has 21 heavy (non-hydrogen) atoms. The molecule has 0 fully saturated rings. The standard InChI is InChI=1S/C11H8F3N7/c12-11(13,14)10-19-18-9-6-20(3-4-21(9)10)8-2-1-7(5-15)16-17-8/h1-2H,3-4,6H2. The minimum atomic E-state index is -4.51. The summed E-state index contributed by atoms with van der Waals surface area (Å²) in [4.78, 5) is 1.73. The predicted octanol–water partition coefficient (Wildman–Crippen LogP) is 0.979. The lowest BCUT2D eigenvalue weighted by molar-refractivity contribution is -0.147. The van der Waals surface area contributed by atoms with Gasteiger partial charge in [-0.3, -0.25) is 0 Å². The van der Waals surface area contributed by atoms with Gasteiger partial charge in [0.05, 0.1) is 6.54 Å². The van der Waals surface area contributed by atoms with Crippen molar-refractivity contribution in [1.82, 2.24) is 25.0 Å². The molecule has 3 rings (SSSR count). The van der Waals surface area contributed by atoms with Crippen LogP contribution in [0.2, 0.25) is 0 Å². The number of rotatable bonds is 1. The Balaban J connectivity index is 1.85. The second-order valence-corrected chi connectivity index (χ2v) is 4.40. The SMILES string of the molecule is N#Cc1ccc(N2CCn3c(nnc3C(F)(F)F)C2)nn1. The lowest BCUT2D eigenvalue weighted by atomic mass is 10.3. The Morgan fingerprint density at radius 3 is 2.52 bits per heavy atom. The number of nitrogens with zero attached hydrogens (tertiary/aromatic N) is 7. The van der Waals surface area contributed by atoms with Gasteiger partial charge < -0.3 is 9.47 Å². The molecule has 0 aliphatic carbocycles. The van der Waals surface area contributed by atoms with Crippen molar-refractivity contribution in [2.24, 2.45) is 0 Å². The fraction of sp³-hybridized carbons (Fsp3) is 0.364. The van der Waals surface area contributed by atoms with Gasteiger partial charge in [0.1, 0.15) is 6.07 Å². The minimum absolute atomic E-state index is 0.110. The molecule has 7 nitrogen and oxygen atoms in total. The van der Waals surface area contributed by atoms with E-state index in [0.717, 1.165) is 4.57 Å². The molecule has 108 valence electrons. The van der Waals surface area contributed by atoms with Crippen molar-refractivity contribution in [2.45, 2.75) is 19.3 Å². The molecule has 3 heterocycles. The Hall–Kier alpha value is -2.70. The van der Waals surface area contributed by atoms with Crippen molar-refractivity contribution < 1.29 is 13.2 Å². The van der Waals surface area contributed by atoms with E-state index in [9.17, 15) is 13.2 Å². The lowest BCUT2D eigenvalue weighted by Gasteiger charge is -2.28. The van der Waals surface area contributed by atoms with Crippen LogP contribution in [0.5, 0.6) is 0 Å². The zero-order chi connectivity index (χ0) is 15.0. The van der Waals surface area contributed by atoms with Crippen LogP contribution in [-0.4, -0.2) is 31.5 Å². The number of nitriles is 1. The van der Waals surface area contributed by atoms with Crippen LogP contribution in [0, 0.1) is 11.3 Å². The molecule has 2 aromatic rings. The Bertz CT molecular complexity index is 698. The van der Waals surface area contributed by atoms with Gasteiger partial charge in [0.15, 0.2) is 17.3 Å². The van der Waals surface area contributed by atoms with Crippen molar-refractivity contribution in [3.8, 4) is 6.07 Å². The molecule has 1 aliphatic rings. The maximum absolute atomic E-state index is 12.7. The van der Waals surface area contributed by atoms with E-state index in [4.69, 9.17) is 5.26 Å². The summed E-state index contributed by atoms with van der Waals surface area (Å²) in [6.45, 7) is 0.594. The van der Waals surface area contributed by atoms with E-state index in [1.165, 1.54) is 6.07 Å². The van der Waals surface area contributed by atoms with Crippen molar-refractivity contribution in [1.29, 1.82) is 5.26 Å². The number of fused-ring (bicyclic) bond motifs is 1. The highest BCUT2D eigenvalue weighted by atomic mass is 19.4. The van der Waals surface area contributed by atoms with Gasteiger partial charge in [-0.15, -0.1) is 20.4 Å². The van der Waals surface area contributed by atoms with Gasteiger partial charge in [-0.25, -0.2) is 0 Å². The Kier molecular flexibility index (Phi) is 2.97. The summed E-state index contributed by atoms with van der Waals surface area (Å²) in [6.07, 6.45) is -4.51. The highest BCUT2D eigenvalue weighted by Gasteiger charge is 2.39. The van der Waals surface area contributed by atoms with Crippen LogP contribution < -0.4 is 4.90 Å². The second-order valence-electron chi connectivity index (χ2n) is 4.40. The van der Waals surface area contributed by atoms with Crippen molar-refractivity contribution in [3.63, 3.8) is 0 Å². The first-order valence-corrected chi connectivity index (χ1v) is 5.97. The first kappa shape index (κ1) is 13.3. The van der Waals surface area contributed by atoms with E-state index in [1.54, 1.807) is 11.0 Å². The maximum atomic E-state index is 12.7. The van der Waals surface area contributed by atoms with Crippen LogP contribution in [0.25, 0.3) is 0 Å². The topological polar surface area (TPSA) is 83.5 Å². The molecule has 0 radical (unpaired) electrons. The summed E-state index contributed by atoms with van der Waals surface area (Å²) >= 11 is 0. The van der Waals surface area contributed by atoms with Crippen LogP contribution in [0.3, 0.4) is 0 Å². The Morgan fingerprint density at radius 2 is 1.90 bits per heavy atom. The predicted molar refractivity (Wildman–Crippen MR) is 62.8 cm³/mol. The third-order valence-corrected chi connectivity index (χ3v) is 3.10. The van der Waals surface area contributed by atoms with E-state index in [-0.39, 0.29) is 24.6 Å². The number of anilines is 1. The first-order valence-electron chi connectivity index (χ1n) is 5.97. The molecule has 0 amide bonds. The molecule has 1 aliphatic heterocycles. The van der Waals surface area contributed by atoms with Crippen molar-refractivity contribution in [2.75, 3.05) is 11.4 Å². The molecular formula is C11H8F3N7. The fourth-order valence-corrected chi connectivity index (χ4v) is 2.12. The number of hydrogen-bond donors (Lipinski definition) is 0. The van der Waals surface area contributed by atoms with E-state index < -0.39 is 12.0 Å². The summed E-state index contributed by atoms with van der Waals surface area (Å²) in [7, 11) is 0. The molecule has 0 bridgehead atoms. The molecule has 10 heteroatoms. The van der Waals surface area contributed by atoms with Gasteiger partial charge in [-0.05, 0) is 12.1 Å². The van der Waals surface area contributed by atoms with Crippen LogP contribution in [0.4, 0.5) is 19.0 Å². The van der Waals surface area contributed by atoms with Crippen LogP contribution in [0.15, 0.2) is 12.1 Å². The monoisotopic (exact) mass is 295 g/mol. The highest BCUT2D eigenvalue weighted by Crippen LogP contribution is 2.30. The molecule has 0 spiro atoms. The van der Waals surface area contributed by atoms with Crippen LogP contribution in [0.1, 0.15) is 17.3 Å². The lowest BCUT2D eigenvalue weighted by Crippen LogP contribution is -2.35. The van der Waals surface area contributed by atoms with Gasteiger partial charge in [0, 0.05) is 13.1 Å². The molecular weight excluding hydrogens is 287 g/mol. The van der Waals surface area contributed by atoms with E-state index in [1.807, 2.05) is 6.07 Å². The molecule has 0 saturated carbocycles. The summed E-state index contributed by atoms with van der Waals surface area (Å²) in [5.41, 5.74) is 0.179. The van der Waals surface area contributed by atoms with Gasteiger partial charge >= 0.3 is 6.18 Å². The fourth-order valence-electron chi connectivity index (χ4n) is 2.12. The molecule has 0 N–H and O–H groups in total. The highest BCUT2D eigenvalue weighted by molar-refractivity contribution is 5.39. The number of aromatic nitrogens is 5. The normalized spacial score (nSPS) is 14.7. The zero-order valence-electron chi connectivity index (χ0n) is 10.5. The summed E-state index contributed by atoms with van der Waals surface area (Å²) in [6, 6.07) is 4.95. The third-order valence-electron chi connectivity index (χ3n) is 3.10. The summed E-state index contributed by atoms with van der Waals surface area (Å²) < 4.78 is 39.2. The molecule has 0 saturated heterocycles. The molecule has 0 atom stereocenters. The maximum Gasteiger partial charge on any atom is 0.451 e. The van der Waals surface area contributed by atoms with Gasteiger partial charge in [-0.2, -0.15) is 18.4 Å². The van der Waals surface area contributed by atoms with E-state index in [0.29, 0.717) is 12.4 Å². The van der Waals surface area contributed by atoms with Crippen molar-refractivity contribution in [3.05, 3.63) is 29.5 Å². The summed E-state index contributed by atoms with van der Waals surface area (Å²) in [5, 5.41) is 23.0. The van der Waals surface area contributed by atoms with Crippen molar-refractivity contribution >= 4 is 5.82 Å². The molecule has 0 aromatic carbocycles. The Labute approximate surface area is 116 Å². The molecule has 2 aromatic heterocycles. The minimum Gasteiger partial charge on any atom is -0.346 e. The average Bonchev–Trinajstić information content (AvgIpc) is 2.90. The largest absolute Gasteiger partial charge is 0.451 e. The average molecular weight is 295 g/mol. The quantitative estimate of drug-likeness (QED) is 0.779. The second kappa shape index (κ2) is 4.69. The number of halogens is 3. The van der Waals surface area contributed by atoms with Gasteiger partial charge in [0.2, 0.25) is 5.82 Å². The third kappa shape index (κ3) is 2.37. The molecule has 0 unspecified atom stereocenters. The number of alkyl halides is 3. The number of hydrogen-bond acceptors (Lipinski definition) is 6. The van der Waals surface area contributed by atoms with Crippen LogP contribution >= 0.6 is 0 Å². The zero-order valence-corrected chi connectivity index (χ0v) is 10.5. The smallest absolute Gasteiger partial charge is 0.346 e. The van der Waals surface area contributed by atoms with E-state index >= 15 is 0 Å². The van der Waals surface area contributed by atoms with E-state index in [2.05, 4.69) is 20.4 Å². The first-order chi connectivity index (χ1) is 9.99. The van der Waals surface area contributed by atoms with Gasteiger partial charge in [0.25, 0.3) is 0 Å².